The zero-order chi connectivity index (χ0) is 12.0. The van der Waals surface area contributed by atoms with Crippen LogP contribution in [0.1, 0.15) is 25.7 Å². The number of hydrogen-bond acceptors (Lipinski definition) is 4. The first kappa shape index (κ1) is 13.0. The minimum Gasteiger partial charge on any atom is -0.469 e. The minimum absolute atomic E-state index is 0.0161. The molecule has 0 bridgehead atoms. The second-order valence-electron chi connectivity index (χ2n) is 3.94. The quantitative estimate of drug-likeness (QED) is 0.647. The zero-order valence-electron chi connectivity index (χ0n) is 9.90. The van der Waals surface area contributed by atoms with Crippen LogP contribution < -0.4 is 0 Å². The smallest absolute Gasteiger partial charge is 0.305 e. The third kappa shape index (κ3) is 3.81. The Labute approximate surface area is 95.7 Å². The van der Waals surface area contributed by atoms with Gasteiger partial charge in [-0.1, -0.05) is 0 Å². The monoisotopic (exact) mass is 229 g/mol. The predicted octanol–water partition coefficient (Wildman–Crippen LogP) is 0.577. The summed E-state index contributed by atoms with van der Waals surface area (Å²) in [5, 5.41) is 0. The summed E-state index contributed by atoms with van der Waals surface area (Å²) < 4.78 is 9.83. The first-order valence-corrected chi connectivity index (χ1v) is 5.58. The van der Waals surface area contributed by atoms with Gasteiger partial charge in [0, 0.05) is 26.6 Å². The number of likely N-dealkylation sites (N-methyl/N-ethyl adjacent to an activating group) is 1. The van der Waals surface area contributed by atoms with E-state index in [0.717, 1.165) is 12.8 Å². The fourth-order valence-corrected chi connectivity index (χ4v) is 1.69. The fraction of sp³-hybridized carbons (Fsp3) is 0.818. The average Bonchev–Trinajstić information content (AvgIpc) is 2.81. The number of methoxy groups -OCH3 is 1. The number of nitrogens with zero attached hydrogens (tertiary/aromatic N) is 1. The Morgan fingerprint density at radius 1 is 1.50 bits per heavy atom. The number of ether oxygens (including phenoxy) is 2. The molecule has 16 heavy (non-hydrogen) atoms. The first-order chi connectivity index (χ1) is 7.65. The Bertz CT molecular complexity index is 248. The van der Waals surface area contributed by atoms with Crippen molar-refractivity contribution in [3.05, 3.63) is 0 Å². The van der Waals surface area contributed by atoms with Crippen molar-refractivity contribution in [2.75, 3.05) is 27.3 Å². The van der Waals surface area contributed by atoms with Crippen molar-refractivity contribution in [3.63, 3.8) is 0 Å². The van der Waals surface area contributed by atoms with Gasteiger partial charge in [-0.3, -0.25) is 9.59 Å². The summed E-state index contributed by atoms with van der Waals surface area (Å²) >= 11 is 0. The van der Waals surface area contributed by atoms with Gasteiger partial charge >= 0.3 is 5.97 Å². The van der Waals surface area contributed by atoms with Crippen molar-refractivity contribution < 1.29 is 19.1 Å². The van der Waals surface area contributed by atoms with Gasteiger partial charge in [0.05, 0.1) is 7.11 Å². The van der Waals surface area contributed by atoms with E-state index in [0.29, 0.717) is 26.0 Å². The van der Waals surface area contributed by atoms with Gasteiger partial charge in [-0.25, -0.2) is 0 Å². The molecule has 1 aliphatic heterocycles. The number of carbonyl (C=O) groups is 2. The highest BCUT2D eigenvalue weighted by atomic mass is 16.5. The Morgan fingerprint density at radius 3 is 2.81 bits per heavy atom. The lowest BCUT2D eigenvalue weighted by Gasteiger charge is -2.20. The highest BCUT2D eigenvalue weighted by molar-refractivity contribution is 5.80. The predicted molar refractivity (Wildman–Crippen MR) is 57.9 cm³/mol. The molecule has 0 saturated carbocycles. The van der Waals surface area contributed by atoms with E-state index < -0.39 is 0 Å². The molecule has 1 aliphatic rings. The van der Waals surface area contributed by atoms with Crippen molar-refractivity contribution in [3.8, 4) is 0 Å². The van der Waals surface area contributed by atoms with E-state index in [4.69, 9.17) is 4.74 Å². The SMILES string of the molecule is COC(=O)CCCN(C)C(=O)C1CCCO1. The van der Waals surface area contributed by atoms with E-state index in [2.05, 4.69) is 4.74 Å². The Kier molecular flexibility index (Phi) is 5.25. The molecule has 0 aromatic heterocycles. The van der Waals surface area contributed by atoms with Crippen LogP contribution in [0.25, 0.3) is 0 Å². The summed E-state index contributed by atoms with van der Waals surface area (Å²) in [6, 6.07) is 0. The summed E-state index contributed by atoms with van der Waals surface area (Å²) in [5.41, 5.74) is 0. The first-order valence-electron chi connectivity index (χ1n) is 5.58. The van der Waals surface area contributed by atoms with Gasteiger partial charge in [0.2, 0.25) is 0 Å². The molecule has 1 heterocycles. The molecule has 1 saturated heterocycles. The molecule has 1 rings (SSSR count). The molecule has 0 aliphatic carbocycles. The molecule has 1 unspecified atom stereocenters. The second-order valence-corrected chi connectivity index (χ2v) is 3.94. The van der Waals surface area contributed by atoms with Crippen molar-refractivity contribution in [2.45, 2.75) is 31.8 Å². The molecule has 0 aromatic carbocycles. The number of rotatable bonds is 5. The highest BCUT2D eigenvalue weighted by Gasteiger charge is 2.26. The summed E-state index contributed by atoms with van der Waals surface area (Å²) in [7, 11) is 3.10. The Balaban J connectivity index is 2.20. The lowest BCUT2D eigenvalue weighted by Crippen LogP contribution is -2.36. The van der Waals surface area contributed by atoms with Gasteiger partial charge in [0.25, 0.3) is 5.91 Å². The molecule has 1 atom stereocenters. The maximum Gasteiger partial charge on any atom is 0.305 e. The van der Waals surface area contributed by atoms with Crippen LogP contribution in [0.2, 0.25) is 0 Å². The van der Waals surface area contributed by atoms with Crippen molar-refractivity contribution in [1.82, 2.24) is 4.90 Å². The molecule has 1 amide bonds. The topological polar surface area (TPSA) is 55.8 Å². The highest BCUT2D eigenvalue weighted by Crippen LogP contribution is 2.14. The third-order valence-corrected chi connectivity index (χ3v) is 2.68. The summed E-state index contributed by atoms with van der Waals surface area (Å²) in [4.78, 5) is 24.3. The van der Waals surface area contributed by atoms with Gasteiger partial charge in [0.15, 0.2) is 0 Å². The summed E-state index contributed by atoms with van der Waals surface area (Å²) in [5.74, 6) is -0.222. The van der Waals surface area contributed by atoms with Crippen LogP contribution >= 0.6 is 0 Å². The van der Waals surface area contributed by atoms with E-state index in [1.165, 1.54) is 7.11 Å². The van der Waals surface area contributed by atoms with Crippen molar-refractivity contribution in [1.29, 1.82) is 0 Å². The van der Waals surface area contributed by atoms with Crippen molar-refractivity contribution in [2.24, 2.45) is 0 Å². The summed E-state index contributed by atoms with van der Waals surface area (Å²) in [6.07, 6.45) is 2.46. The molecular formula is C11H19NO4. The van der Waals surface area contributed by atoms with E-state index in [1.54, 1.807) is 11.9 Å². The number of hydrogen-bond donors (Lipinski definition) is 0. The van der Waals surface area contributed by atoms with Crippen LogP contribution in [-0.4, -0.2) is 50.2 Å². The van der Waals surface area contributed by atoms with E-state index in [-0.39, 0.29) is 18.0 Å². The van der Waals surface area contributed by atoms with E-state index in [1.807, 2.05) is 0 Å². The van der Waals surface area contributed by atoms with Crippen LogP contribution in [0.15, 0.2) is 0 Å². The Hall–Kier alpha value is -1.10. The van der Waals surface area contributed by atoms with E-state index in [9.17, 15) is 9.59 Å². The van der Waals surface area contributed by atoms with Crippen LogP contribution in [-0.2, 0) is 19.1 Å². The van der Waals surface area contributed by atoms with Gasteiger partial charge in [-0.2, -0.15) is 0 Å². The zero-order valence-corrected chi connectivity index (χ0v) is 9.90. The largest absolute Gasteiger partial charge is 0.469 e. The lowest BCUT2D eigenvalue weighted by atomic mass is 10.2. The van der Waals surface area contributed by atoms with Gasteiger partial charge in [0.1, 0.15) is 6.10 Å². The van der Waals surface area contributed by atoms with Crippen LogP contribution in [0.4, 0.5) is 0 Å². The van der Waals surface area contributed by atoms with Crippen LogP contribution in [0.5, 0.6) is 0 Å². The lowest BCUT2D eigenvalue weighted by molar-refractivity contribution is -0.142. The molecule has 0 spiro atoms. The number of carbonyl (C=O) groups excluding carboxylic acids is 2. The van der Waals surface area contributed by atoms with Crippen molar-refractivity contribution >= 4 is 11.9 Å². The molecule has 0 aromatic rings. The normalized spacial score (nSPS) is 19.5. The number of esters is 1. The van der Waals surface area contributed by atoms with E-state index >= 15 is 0 Å². The second kappa shape index (κ2) is 6.48. The maximum atomic E-state index is 11.8. The molecule has 5 nitrogen and oxygen atoms in total. The number of amides is 1. The summed E-state index contributed by atoms with van der Waals surface area (Å²) in [6.45, 7) is 1.24. The fourth-order valence-electron chi connectivity index (χ4n) is 1.69. The Morgan fingerprint density at radius 2 is 2.25 bits per heavy atom. The van der Waals surface area contributed by atoms with Gasteiger partial charge in [-0.05, 0) is 19.3 Å². The molecular weight excluding hydrogens is 210 g/mol. The van der Waals surface area contributed by atoms with Crippen LogP contribution in [0, 0.1) is 0 Å². The van der Waals surface area contributed by atoms with Gasteiger partial charge < -0.3 is 14.4 Å². The molecule has 0 radical (unpaired) electrons. The minimum atomic E-state index is -0.275. The van der Waals surface area contributed by atoms with Crippen LogP contribution in [0.3, 0.4) is 0 Å². The molecule has 0 N–H and O–H groups in total. The van der Waals surface area contributed by atoms with Gasteiger partial charge in [-0.15, -0.1) is 0 Å². The molecule has 5 heteroatoms. The average molecular weight is 229 g/mol. The maximum absolute atomic E-state index is 11.8. The molecule has 1 fully saturated rings. The molecule has 92 valence electrons. The standard InChI is InChI=1S/C11H19NO4/c1-12(7-3-6-10(13)15-2)11(14)9-5-4-8-16-9/h9H,3-8H2,1-2H3. The third-order valence-electron chi connectivity index (χ3n) is 2.68.